The Morgan fingerprint density at radius 2 is 1.96 bits per heavy atom. The lowest BCUT2D eigenvalue weighted by Crippen LogP contribution is -2.29. The molecule has 138 valence electrons. The Morgan fingerprint density at radius 3 is 2.67 bits per heavy atom. The number of benzene rings is 1. The Hall–Kier alpha value is -3.32. The summed E-state index contributed by atoms with van der Waals surface area (Å²) in [6.45, 7) is 1.98. The number of amides is 1. The van der Waals surface area contributed by atoms with E-state index in [1.807, 2.05) is 13.0 Å². The van der Waals surface area contributed by atoms with Crippen LogP contribution in [-0.2, 0) is 11.3 Å². The van der Waals surface area contributed by atoms with Gasteiger partial charge in [0.2, 0.25) is 5.88 Å². The molecule has 7 heteroatoms. The van der Waals surface area contributed by atoms with Gasteiger partial charge in [-0.2, -0.15) is 0 Å². The first-order valence-corrected chi connectivity index (χ1v) is 8.28. The first-order chi connectivity index (χ1) is 13.0. The largest absolute Gasteiger partial charge is 0.437 e. The minimum atomic E-state index is -1.40. The van der Waals surface area contributed by atoms with E-state index in [0.29, 0.717) is 22.8 Å². The van der Waals surface area contributed by atoms with Gasteiger partial charge in [0.1, 0.15) is 11.6 Å². The molecule has 6 nitrogen and oxygen atoms in total. The van der Waals surface area contributed by atoms with E-state index in [9.17, 15) is 14.3 Å². The molecule has 0 bridgehead atoms. The number of hydrogen-bond acceptors (Lipinski definition) is 5. The summed E-state index contributed by atoms with van der Waals surface area (Å²) in [4.78, 5) is 20.5. The van der Waals surface area contributed by atoms with Crippen molar-refractivity contribution in [1.82, 2.24) is 15.3 Å². The van der Waals surface area contributed by atoms with Crippen LogP contribution in [0.5, 0.6) is 11.6 Å². The fourth-order valence-corrected chi connectivity index (χ4v) is 2.35. The highest BCUT2D eigenvalue weighted by Gasteiger charge is 2.18. The normalized spacial score (nSPS) is 11.7. The third-order valence-corrected chi connectivity index (χ3v) is 3.84. The molecule has 2 heterocycles. The van der Waals surface area contributed by atoms with E-state index in [-0.39, 0.29) is 6.54 Å². The summed E-state index contributed by atoms with van der Waals surface area (Å²) in [6.07, 6.45) is 1.77. The van der Waals surface area contributed by atoms with Gasteiger partial charge in [0, 0.05) is 24.0 Å². The molecular formula is C20H18FN3O3. The van der Waals surface area contributed by atoms with Crippen molar-refractivity contribution in [1.29, 1.82) is 0 Å². The van der Waals surface area contributed by atoms with Gasteiger partial charge in [-0.05, 0) is 42.8 Å². The van der Waals surface area contributed by atoms with Crippen LogP contribution in [0.1, 0.15) is 22.9 Å². The maximum Gasteiger partial charge on any atom is 0.253 e. The van der Waals surface area contributed by atoms with Gasteiger partial charge in [-0.1, -0.05) is 18.2 Å². The molecule has 3 aromatic rings. The molecule has 1 amide bonds. The number of aliphatic hydroxyl groups is 1. The number of carbonyl (C=O) groups excluding carboxylic acids is 1. The van der Waals surface area contributed by atoms with Crippen LogP contribution >= 0.6 is 0 Å². The van der Waals surface area contributed by atoms with E-state index in [1.54, 1.807) is 30.6 Å². The van der Waals surface area contributed by atoms with Crippen LogP contribution in [0.4, 0.5) is 4.39 Å². The number of nitrogens with one attached hydrogen (secondary N) is 1. The minimum absolute atomic E-state index is 0.111. The number of ether oxygens (including phenoxy) is 1. The van der Waals surface area contributed by atoms with Crippen LogP contribution in [0.3, 0.4) is 0 Å². The Morgan fingerprint density at radius 1 is 1.19 bits per heavy atom. The third kappa shape index (κ3) is 4.86. The number of halogens is 1. The summed E-state index contributed by atoms with van der Waals surface area (Å²) >= 11 is 0. The van der Waals surface area contributed by atoms with Gasteiger partial charge in [0.05, 0.1) is 6.20 Å². The summed E-state index contributed by atoms with van der Waals surface area (Å²) in [5.74, 6) is -0.180. The van der Waals surface area contributed by atoms with E-state index in [2.05, 4.69) is 15.3 Å². The standard InChI is InChI=1S/C20H18FN3O3/c1-13-4-9-17(12-23-13)27-20-15(3-2-10-22-20)11-24-19(26)18(25)14-5-7-16(21)8-6-14/h2-10,12,18,25H,11H2,1H3,(H,24,26)/t18-/m1/s1. The number of aromatic nitrogens is 2. The van der Waals surface area contributed by atoms with Crippen LogP contribution in [0.2, 0.25) is 0 Å². The molecule has 0 spiro atoms. The van der Waals surface area contributed by atoms with Crippen LogP contribution in [0, 0.1) is 12.7 Å². The number of aliphatic hydroxyl groups excluding tert-OH is 1. The van der Waals surface area contributed by atoms with Gasteiger partial charge < -0.3 is 15.2 Å². The lowest BCUT2D eigenvalue weighted by Gasteiger charge is -2.13. The molecule has 0 unspecified atom stereocenters. The maximum atomic E-state index is 13.0. The van der Waals surface area contributed by atoms with E-state index >= 15 is 0 Å². The van der Waals surface area contributed by atoms with Gasteiger partial charge in [-0.15, -0.1) is 0 Å². The van der Waals surface area contributed by atoms with Gasteiger partial charge in [0.15, 0.2) is 6.10 Å². The van der Waals surface area contributed by atoms with Crippen molar-refractivity contribution in [2.45, 2.75) is 19.6 Å². The number of carbonyl (C=O) groups is 1. The Bertz CT molecular complexity index is 915. The average Bonchev–Trinajstić information content (AvgIpc) is 2.69. The Balaban J connectivity index is 1.66. The zero-order chi connectivity index (χ0) is 19.2. The molecule has 2 aromatic heterocycles. The van der Waals surface area contributed by atoms with E-state index in [1.165, 1.54) is 24.3 Å². The lowest BCUT2D eigenvalue weighted by molar-refractivity contribution is -0.129. The molecule has 3 rings (SSSR count). The first-order valence-electron chi connectivity index (χ1n) is 8.28. The third-order valence-electron chi connectivity index (χ3n) is 3.84. The summed E-state index contributed by atoms with van der Waals surface area (Å²) in [5, 5.41) is 12.7. The second-order valence-corrected chi connectivity index (χ2v) is 5.88. The topological polar surface area (TPSA) is 84.3 Å². The molecule has 27 heavy (non-hydrogen) atoms. The molecule has 2 N–H and O–H groups in total. The summed E-state index contributed by atoms with van der Waals surface area (Å²) in [7, 11) is 0. The molecule has 0 aliphatic carbocycles. The molecule has 0 fully saturated rings. The average molecular weight is 367 g/mol. The van der Waals surface area contributed by atoms with E-state index in [0.717, 1.165) is 5.69 Å². The maximum absolute atomic E-state index is 13.0. The van der Waals surface area contributed by atoms with Crippen molar-refractivity contribution in [3.8, 4) is 11.6 Å². The Labute approximate surface area is 155 Å². The zero-order valence-electron chi connectivity index (χ0n) is 14.6. The molecule has 0 aliphatic heterocycles. The second-order valence-electron chi connectivity index (χ2n) is 5.88. The van der Waals surface area contributed by atoms with Crippen molar-refractivity contribution < 1.29 is 19.0 Å². The SMILES string of the molecule is Cc1ccc(Oc2ncccc2CNC(=O)[C@H](O)c2ccc(F)cc2)cn1. The Kier molecular flexibility index (Phi) is 5.73. The first kappa shape index (κ1) is 18.5. The molecule has 0 saturated heterocycles. The number of nitrogens with zero attached hydrogens (tertiary/aromatic N) is 2. The molecule has 1 atom stereocenters. The van der Waals surface area contributed by atoms with Crippen molar-refractivity contribution in [3.05, 3.63) is 83.6 Å². The minimum Gasteiger partial charge on any atom is -0.437 e. The van der Waals surface area contributed by atoms with Gasteiger partial charge >= 0.3 is 0 Å². The fraction of sp³-hybridized carbons (Fsp3) is 0.150. The summed E-state index contributed by atoms with van der Waals surface area (Å²) in [5.41, 5.74) is 1.81. The van der Waals surface area contributed by atoms with Gasteiger partial charge in [0.25, 0.3) is 5.91 Å². The number of hydrogen-bond donors (Lipinski definition) is 2. The lowest BCUT2D eigenvalue weighted by atomic mass is 10.1. The predicted octanol–water partition coefficient (Wildman–Crippen LogP) is 3.07. The molecular weight excluding hydrogens is 349 g/mol. The van der Waals surface area contributed by atoms with E-state index < -0.39 is 17.8 Å². The number of aryl methyl sites for hydroxylation is 1. The highest BCUT2D eigenvalue weighted by molar-refractivity contribution is 5.81. The van der Waals surface area contributed by atoms with Crippen LogP contribution in [0.15, 0.2) is 60.9 Å². The van der Waals surface area contributed by atoms with E-state index in [4.69, 9.17) is 4.74 Å². The highest BCUT2D eigenvalue weighted by Crippen LogP contribution is 2.22. The van der Waals surface area contributed by atoms with Gasteiger partial charge in [-0.25, -0.2) is 9.37 Å². The summed E-state index contributed by atoms with van der Waals surface area (Å²) in [6, 6.07) is 12.2. The zero-order valence-corrected chi connectivity index (χ0v) is 14.6. The monoisotopic (exact) mass is 367 g/mol. The quantitative estimate of drug-likeness (QED) is 0.699. The number of rotatable bonds is 6. The van der Waals surface area contributed by atoms with Crippen molar-refractivity contribution in [2.24, 2.45) is 0 Å². The van der Waals surface area contributed by atoms with Crippen molar-refractivity contribution >= 4 is 5.91 Å². The molecule has 0 saturated carbocycles. The number of pyridine rings is 2. The molecule has 0 radical (unpaired) electrons. The van der Waals surface area contributed by atoms with Crippen molar-refractivity contribution in [3.63, 3.8) is 0 Å². The van der Waals surface area contributed by atoms with Crippen LogP contribution in [0.25, 0.3) is 0 Å². The molecule has 0 aliphatic rings. The molecule has 1 aromatic carbocycles. The van der Waals surface area contributed by atoms with Crippen molar-refractivity contribution in [2.75, 3.05) is 0 Å². The fourth-order valence-electron chi connectivity index (χ4n) is 2.35. The predicted molar refractivity (Wildman–Crippen MR) is 96.5 cm³/mol. The van der Waals surface area contributed by atoms with Crippen LogP contribution < -0.4 is 10.1 Å². The summed E-state index contributed by atoms with van der Waals surface area (Å²) < 4.78 is 18.7. The second kappa shape index (κ2) is 8.37. The smallest absolute Gasteiger partial charge is 0.253 e. The van der Waals surface area contributed by atoms with Gasteiger partial charge in [-0.3, -0.25) is 9.78 Å². The highest BCUT2D eigenvalue weighted by atomic mass is 19.1. The van der Waals surface area contributed by atoms with Crippen LogP contribution in [-0.4, -0.2) is 21.0 Å².